The van der Waals surface area contributed by atoms with E-state index in [1.165, 1.54) is 0 Å². The van der Waals surface area contributed by atoms with E-state index in [0.717, 1.165) is 5.75 Å². The Morgan fingerprint density at radius 1 is 1.31 bits per heavy atom. The summed E-state index contributed by atoms with van der Waals surface area (Å²) in [7, 11) is 0. The van der Waals surface area contributed by atoms with E-state index in [1.54, 1.807) is 11.8 Å². The van der Waals surface area contributed by atoms with E-state index in [2.05, 4.69) is 5.32 Å². The van der Waals surface area contributed by atoms with Gasteiger partial charge in [0.15, 0.2) is 0 Å². The third-order valence-corrected chi connectivity index (χ3v) is 3.55. The van der Waals surface area contributed by atoms with E-state index in [-0.39, 0.29) is 12.3 Å². The number of carbonyl (C=O) groups is 2. The zero-order valence-corrected chi connectivity index (χ0v) is 11.0. The number of amides is 1. The van der Waals surface area contributed by atoms with Gasteiger partial charge < -0.3 is 10.4 Å². The van der Waals surface area contributed by atoms with Crippen molar-refractivity contribution in [2.24, 2.45) is 5.41 Å². The lowest BCUT2D eigenvalue weighted by atomic mass is 9.79. The molecule has 0 heterocycles. The normalized spacial score (nSPS) is 11.2. The zero-order valence-electron chi connectivity index (χ0n) is 10.2. The number of hydrogen-bond acceptors (Lipinski definition) is 3. The molecule has 0 fully saturated rings. The van der Waals surface area contributed by atoms with E-state index in [1.807, 2.05) is 20.1 Å². The molecule has 0 atom stereocenters. The second kappa shape index (κ2) is 7.54. The molecule has 5 heteroatoms. The Labute approximate surface area is 101 Å². The highest BCUT2D eigenvalue weighted by atomic mass is 32.2. The molecule has 0 aromatic heterocycles. The first kappa shape index (κ1) is 15.3. The summed E-state index contributed by atoms with van der Waals surface area (Å²) in [4.78, 5) is 22.7. The number of nitrogens with one attached hydrogen (secondary N) is 1. The van der Waals surface area contributed by atoms with Crippen molar-refractivity contribution in [3.8, 4) is 0 Å². The van der Waals surface area contributed by atoms with Crippen LogP contribution in [0, 0.1) is 5.41 Å². The first-order valence-electron chi connectivity index (χ1n) is 5.51. The molecular formula is C11H21NO3S. The molecule has 2 N–H and O–H groups in total. The zero-order chi connectivity index (χ0) is 12.6. The Bertz CT molecular complexity index is 239. The molecule has 0 aliphatic rings. The number of carboxylic acids is 1. The van der Waals surface area contributed by atoms with Gasteiger partial charge in [0.2, 0.25) is 5.91 Å². The van der Waals surface area contributed by atoms with Gasteiger partial charge in [0, 0.05) is 18.7 Å². The summed E-state index contributed by atoms with van der Waals surface area (Å²) >= 11 is 1.65. The van der Waals surface area contributed by atoms with Crippen molar-refractivity contribution in [3.63, 3.8) is 0 Å². The maximum absolute atomic E-state index is 11.6. The van der Waals surface area contributed by atoms with Crippen LogP contribution in [-0.2, 0) is 9.59 Å². The topological polar surface area (TPSA) is 66.4 Å². The van der Waals surface area contributed by atoms with Crippen LogP contribution in [0.1, 0.15) is 33.1 Å². The molecule has 0 spiro atoms. The first-order chi connectivity index (χ1) is 7.52. The molecule has 0 radical (unpaired) electrons. The molecule has 4 nitrogen and oxygen atoms in total. The summed E-state index contributed by atoms with van der Waals surface area (Å²) in [6.07, 6.45) is 3.00. The molecule has 0 aromatic carbocycles. The number of carbonyl (C=O) groups excluding carboxylic acids is 1. The fraction of sp³-hybridized carbons (Fsp3) is 0.818. The van der Waals surface area contributed by atoms with Crippen molar-refractivity contribution >= 4 is 23.6 Å². The molecule has 0 saturated heterocycles. The third kappa shape index (κ3) is 4.43. The van der Waals surface area contributed by atoms with E-state index in [9.17, 15) is 9.59 Å². The number of hydrogen-bond donors (Lipinski definition) is 2. The maximum atomic E-state index is 11.6. The van der Waals surface area contributed by atoms with Gasteiger partial charge in [0.05, 0.1) is 5.41 Å². The van der Waals surface area contributed by atoms with Gasteiger partial charge >= 0.3 is 5.97 Å². The van der Waals surface area contributed by atoms with Crippen LogP contribution in [0.15, 0.2) is 0 Å². The SMILES string of the molecule is CCC(CC)(CC(=O)NCCSC)C(=O)O. The summed E-state index contributed by atoms with van der Waals surface area (Å²) in [6.45, 7) is 4.22. The molecule has 0 unspecified atom stereocenters. The minimum Gasteiger partial charge on any atom is -0.481 e. The Balaban J connectivity index is 4.29. The Hall–Kier alpha value is -0.710. The lowest BCUT2D eigenvalue weighted by Gasteiger charge is -2.25. The summed E-state index contributed by atoms with van der Waals surface area (Å²) in [5.74, 6) is -0.193. The van der Waals surface area contributed by atoms with Gasteiger partial charge in [0.25, 0.3) is 0 Å². The Morgan fingerprint density at radius 2 is 1.88 bits per heavy atom. The average molecular weight is 247 g/mol. The second-order valence-electron chi connectivity index (χ2n) is 3.81. The Kier molecular flexibility index (Phi) is 7.21. The highest BCUT2D eigenvalue weighted by Crippen LogP contribution is 2.30. The molecular weight excluding hydrogens is 226 g/mol. The largest absolute Gasteiger partial charge is 0.481 e. The van der Waals surface area contributed by atoms with Crippen LogP contribution in [-0.4, -0.2) is 35.5 Å². The van der Waals surface area contributed by atoms with Crippen molar-refractivity contribution in [1.82, 2.24) is 5.32 Å². The molecule has 94 valence electrons. The van der Waals surface area contributed by atoms with Crippen LogP contribution < -0.4 is 5.32 Å². The van der Waals surface area contributed by atoms with E-state index in [0.29, 0.717) is 19.4 Å². The smallest absolute Gasteiger partial charge is 0.310 e. The van der Waals surface area contributed by atoms with Crippen LogP contribution >= 0.6 is 11.8 Å². The monoisotopic (exact) mass is 247 g/mol. The van der Waals surface area contributed by atoms with Crippen molar-refractivity contribution in [1.29, 1.82) is 0 Å². The highest BCUT2D eigenvalue weighted by Gasteiger charge is 2.36. The molecule has 1 amide bonds. The van der Waals surface area contributed by atoms with Crippen molar-refractivity contribution in [3.05, 3.63) is 0 Å². The summed E-state index contributed by atoms with van der Waals surface area (Å²) in [5.41, 5.74) is -0.899. The van der Waals surface area contributed by atoms with Crippen LogP contribution in [0.2, 0.25) is 0 Å². The molecule has 0 rings (SSSR count). The molecule has 0 bridgehead atoms. The fourth-order valence-corrected chi connectivity index (χ4v) is 1.85. The molecule has 0 saturated carbocycles. The van der Waals surface area contributed by atoms with Gasteiger partial charge in [-0.2, -0.15) is 11.8 Å². The number of aliphatic carboxylic acids is 1. The quantitative estimate of drug-likeness (QED) is 0.641. The predicted molar refractivity (Wildman–Crippen MR) is 66.7 cm³/mol. The van der Waals surface area contributed by atoms with Crippen molar-refractivity contribution in [2.75, 3.05) is 18.6 Å². The summed E-state index contributed by atoms with van der Waals surface area (Å²) in [5, 5.41) is 11.9. The first-order valence-corrected chi connectivity index (χ1v) is 6.90. The van der Waals surface area contributed by atoms with Gasteiger partial charge in [-0.05, 0) is 19.1 Å². The molecule has 16 heavy (non-hydrogen) atoms. The summed E-state index contributed by atoms with van der Waals surface area (Å²) in [6, 6.07) is 0. The van der Waals surface area contributed by atoms with Gasteiger partial charge in [0.1, 0.15) is 0 Å². The van der Waals surface area contributed by atoms with Gasteiger partial charge in [-0.25, -0.2) is 0 Å². The molecule has 0 aromatic rings. The second-order valence-corrected chi connectivity index (χ2v) is 4.80. The minimum atomic E-state index is -0.899. The lowest BCUT2D eigenvalue weighted by Crippen LogP contribution is -2.37. The van der Waals surface area contributed by atoms with Gasteiger partial charge in [-0.1, -0.05) is 13.8 Å². The van der Waals surface area contributed by atoms with E-state index in [4.69, 9.17) is 5.11 Å². The third-order valence-electron chi connectivity index (χ3n) is 2.93. The fourth-order valence-electron chi connectivity index (χ4n) is 1.54. The van der Waals surface area contributed by atoms with Crippen LogP contribution in [0.5, 0.6) is 0 Å². The molecule has 0 aliphatic heterocycles. The predicted octanol–water partition coefficient (Wildman–Crippen LogP) is 1.75. The van der Waals surface area contributed by atoms with Gasteiger partial charge in [-0.15, -0.1) is 0 Å². The van der Waals surface area contributed by atoms with E-state index < -0.39 is 11.4 Å². The summed E-state index contributed by atoms with van der Waals surface area (Å²) < 4.78 is 0. The molecule has 0 aliphatic carbocycles. The van der Waals surface area contributed by atoms with Crippen molar-refractivity contribution in [2.45, 2.75) is 33.1 Å². The van der Waals surface area contributed by atoms with Crippen LogP contribution in [0.3, 0.4) is 0 Å². The number of carboxylic acid groups (broad SMARTS) is 1. The van der Waals surface area contributed by atoms with Gasteiger partial charge in [-0.3, -0.25) is 9.59 Å². The van der Waals surface area contributed by atoms with Crippen LogP contribution in [0.25, 0.3) is 0 Å². The number of rotatable bonds is 8. The lowest BCUT2D eigenvalue weighted by molar-refractivity contribution is -0.152. The Morgan fingerprint density at radius 3 is 2.25 bits per heavy atom. The highest BCUT2D eigenvalue weighted by molar-refractivity contribution is 7.98. The minimum absolute atomic E-state index is 0.0731. The van der Waals surface area contributed by atoms with E-state index >= 15 is 0 Å². The standard InChI is InChI=1S/C11H21NO3S/c1-4-11(5-2,10(14)15)8-9(13)12-6-7-16-3/h4-8H2,1-3H3,(H,12,13)(H,14,15). The van der Waals surface area contributed by atoms with Crippen LogP contribution in [0.4, 0.5) is 0 Å². The number of thioether (sulfide) groups is 1. The average Bonchev–Trinajstić information content (AvgIpc) is 2.26. The van der Waals surface area contributed by atoms with Crippen molar-refractivity contribution < 1.29 is 14.7 Å². The maximum Gasteiger partial charge on any atom is 0.310 e.